The van der Waals surface area contributed by atoms with Crippen LogP contribution in [0.1, 0.15) is 6.92 Å². The van der Waals surface area contributed by atoms with Gasteiger partial charge in [0, 0.05) is 12.4 Å². The fraction of sp³-hybridized carbons (Fsp3) is 0.500. The minimum atomic E-state index is -5.05. The molecule has 0 aliphatic carbocycles. The number of carbonyl (C=O) groups excluding carboxylic acids is 1. The number of hydrogen-bond acceptors (Lipinski definition) is 4. The molecule has 0 saturated carbocycles. The van der Waals surface area contributed by atoms with Gasteiger partial charge in [-0.1, -0.05) is 0 Å². The lowest BCUT2D eigenvalue weighted by molar-refractivity contribution is -0.213. The Morgan fingerprint density at radius 2 is 2.19 bits per heavy atom. The molecule has 1 aromatic rings. The highest BCUT2D eigenvalue weighted by Gasteiger charge is 2.44. The lowest BCUT2D eigenvalue weighted by atomic mass is 10.3. The van der Waals surface area contributed by atoms with Gasteiger partial charge < -0.3 is 4.74 Å². The van der Waals surface area contributed by atoms with E-state index < -0.39 is 17.9 Å². The maximum Gasteiger partial charge on any atom is 0.490 e. The van der Waals surface area contributed by atoms with Gasteiger partial charge in [-0.3, -0.25) is 10.4 Å². The molecule has 1 atom stereocenters. The first-order chi connectivity index (χ1) is 7.21. The van der Waals surface area contributed by atoms with E-state index in [9.17, 15) is 18.0 Å². The number of rotatable bonds is 3. The molecule has 0 amide bonds. The van der Waals surface area contributed by atoms with Gasteiger partial charge in [-0.25, -0.2) is 4.79 Å². The lowest BCUT2D eigenvalue weighted by Crippen LogP contribution is -2.48. The molecule has 0 aliphatic heterocycles. The zero-order valence-electron chi connectivity index (χ0n) is 8.36. The summed E-state index contributed by atoms with van der Waals surface area (Å²) < 4.78 is 41.1. The number of alkyl halides is 3. The highest BCUT2D eigenvalue weighted by atomic mass is 19.4. The van der Waals surface area contributed by atoms with E-state index in [4.69, 9.17) is 5.73 Å². The van der Waals surface area contributed by atoms with Crippen LogP contribution in [0.3, 0.4) is 0 Å². The third-order valence-corrected chi connectivity index (χ3v) is 1.59. The summed E-state index contributed by atoms with van der Waals surface area (Å²) in [6.45, 7) is 1.00. The number of nitrogens with two attached hydrogens (primary N) is 1. The smallest absolute Gasteiger partial charge is 0.436 e. The minimum absolute atomic E-state index is 0.165. The van der Waals surface area contributed by atoms with Crippen molar-refractivity contribution in [1.29, 1.82) is 0 Å². The summed E-state index contributed by atoms with van der Waals surface area (Å²) in [6, 6.07) is 1.57. The van der Waals surface area contributed by atoms with Gasteiger partial charge in [-0.05, 0) is 13.0 Å². The maximum atomic E-state index is 11.9. The largest absolute Gasteiger partial charge is 0.490 e. The number of nitrogens with zero attached hydrogens (tertiary/aromatic N) is 2. The van der Waals surface area contributed by atoms with Gasteiger partial charge in [0.1, 0.15) is 0 Å². The molecule has 0 spiro atoms. The first-order valence-electron chi connectivity index (χ1n) is 4.27. The second-order valence-corrected chi connectivity index (χ2v) is 3.40. The third kappa shape index (κ3) is 3.54. The zero-order valence-corrected chi connectivity index (χ0v) is 8.36. The first-order valence-corrected chi connectivity index (χ1v) is 4.27. The Hall–Kier alpha value is -1.57. The van der Waals surface area contributed by atoms with Crippen molar-refractivity contribution in [3.63, 3.8) is 0 Å². The Labute approximate surface area is 89.0 Å². The van der Waals surface area contributed by atoms with Crippen LogP contribution in [0.2, 0.25) is 0 Å². The predicted octanol–water partition coefficient (Wildman–Crippen LogP) is 0.663. The summed E-state index contributed by atoms with van der Waals surface area (Å²) in [4.78, 5) is 10.6. The second-order valence-electron chi connectivity index (χ2n) is 3.40. The van der Waals surface area contributed by atoms with Crippen molar-refractivity contribution < 1.29 is 22.7 Å². The van der Waals surface area contributed by atoms with Crippen molar-refractivity contribution in [2.24, 2.45) is 5.73 Å². The summed E-state index contributed by atoms with van der Waals surface area (Å²) in [5, 5.41) is 3.74. The Bertz CT molecular complexity index is 359. The van der Waals surface area contributed by atoms with Crippen molar-refractivity contribution in [2.45, 2.75) is 25.4 Å². The van der Waals surface area contributed by atoms with E-state index in [2.05, 4.69) is 9.84 Å². The van der Waals surface area contributed by atoms with Gasteiger partial charge in [-0.2, -0.15) is 18.3 Å². The number of ether oxygens (including phenoxy) is 1. The normalized spacial score (nSPS) is 15.6. The molecular formula is C8H10F3N3O2. The number of hydrogen-bond donors (Lipinski definition) is 1. The molecule has 8 heteroatoms. The monoisotopic (exact) mass is 237 g/mol. The van der Waals surface area contributed by atoms with Crippen molar-refractivity contribution >= 4 is 5.97 Å². The molecule has 90 valence electrons. The Morgan fingerprint density at radius 3 is 2.62 bits per heavy atom. The molecular weight excluding hydrogens is 227 g/mol. The average Bonchev–Trinajstić information content (AvgIpc) is 2.52. The molecule has 0 unspecified atom stereocenters. The van der Waals surface area contributed by atoms with Crippen LogP contribution in [0.15, 0.2) is 18.5 Å². The van der Waals surface area contributed by atoms with Crippen LogP contribution in [-0.2, 0) is 16.1 Å². The van der Waals surface area contributed by atoms with Crippen LogP contribution in [0.4, 0.5) is 13.2 Å². The van der Waals surface area contributed by atoms with Gasteiger partial charge in [-0.15, -0.1) is 0 Å². The van der Waals surface area contributed by atoms with Gasteiger partial charge in [0.15, 0.2) is 5.72 Å². The topological polar surface area (TPSA) is 70.1 Å². The molecule has 0 saturated heterocycles. The van der Waals surface area contributed by atoms with Gasteiger partial charge >= 0.3 is 12.1 Å². The molecule has 0 fully saturated rings. The minimum Gasteiger partial charge on any atom is -0.436 e. The van der Waals surface area contributed by atoms with Crippen molar-refractivity contribution in [3.05, 3.63) is 18.5 Å². The van der Waals surface area contributed by atoms with E-state index in [1.165, 1.54) is 24.0 Å². The van der Waals surface area contributed by atoms with Crippen LogP contribution in [0.25, 0.3) is 0 Å². The maximum absolute atomic E-state index is 11.9. The molecule has 1 aromatic heterocycles. The lowest BCUT2D eigenvalue weighted by Gasteiger charge is -2.25. The first kappa shape index (κ1) is 12.5. The number of esters is 1. The highest BCUT2D eigenvalue weighted by molar-refractivity contribution is 5.76. The molecule has 0 aliphatic rings. The Kier molecular flexibility index (Phi) is 3.22. The molecule has 0 bridgehead atoms. The van der Waals surface area contributed by atoms with E-state index in [0.717, 1.165) is 0 Å². The van der Waals surface area contributed by atoms with E-state index in [1.54, 1.807) is 6.07 Å². The quantitative estimate of drug-likeness (QED) is 0.619. The van der Waals surface area contributed by atoms with Crippen LogP contribution >= 0.6 is 0 Å². The fourth-order valence-corrected chi connectivity index (χ4v) is 1.02. The Morgan fingerprint density at radius 1 is 1.56 bits per heavy atom. The molecule has 16 heavy (non-hydrogen) atoms. The molecule has 1 heterocycles. The van der Waals surface area contributed by atoms with Crippen LogP contribution < -0.4 is 5.73 Å². The standard InChI is InChI=1S/C8H10F3N3O2/c1-7(12,5-14-4-2-3-13-14)16-6(15)8(9,10)11/h2-4H,5,12H2,1H3/t7-/m1/s1. The van der Waals surface area contributed by atoms with Crippen LogP contribution in [0, 0.1) is 0 Å². The fourth-order valence-electron chi connectivity index (χ4n) is 1.02. The number of aromatic nitrogens is 2. The second kappa shape index (κ2) is 4.12. The summed E-state index contributed by atoms with van der Waals surface area (Å²) in [6.07, 6.45) is -2.13. The summed E-state index contributed by atoms with van der Waals surface area (Å²) >= 11 is 0. The summed E-state index contributed by atoms with van der Waals surface area (Å²) in [5.41, 5.74) is 3.64. The highest BCUT2D eigenvalue weighted by Crippen LogP contribution is 2.19. The SMILES string of the molecule is C[C@](N)(Cn1cccn1)OC(=O)C(F)(F)F. The van der Waals surface area contributed by atoms with Crippen LogP contribution in [0.5, 0.6) is 0 Å². The van der Waals surface area contributed by atoms with E-state index in [0.29, 0.717) is 0 Å². The van der Waals surface area contributed by atoms with Gasteiger partial charge in [0.2, 0.25) is 0 Å². The van der Waals surface area contributed by atoms with Crippen molar-refractivity contribution in [2.75, 3.05) is 0 Å². The number of halogens is 3. The predicted molar refractivity (Wildman–Crippen MR) is 47.0 cm³/mol. The average molecular weight is 237 g/mol. The van der Waals surface area contributed by atoms with Crippen molar-refractivity contribution in [1.82, 2.24) is 9.78 Å². The third-order valence-electron chi connectivity index (χ3n) is 1.59. The molecule has 2 N–H and O–H groups in total. The molecule has 0 aromatic carbocycles. The van der Waals surface area contributed by atoms with E-state index in [1.807, 2.05) is 0 Å². The molecule has 1 rings (SSSR count). The number of carbonyl (C=O) groups is 1. The van der Waals surface area contributed by atoms with Gasteiger partial charge in [0.05, 0.1) is 6.54 Å². The molecule has 0 radical (unpaired) electrons. The summed E-state index contributed by atoms with van der Waals surface area (Å²) in [7, 11) is 0. The summed E-state index contributed by atoms with van der Waals surface area (Å²) in [5.74, 6) is -2.32. The molecule has 5 nitrogen and oxygen atoms in total. The van der Waals surface area contributed by atoms with Gasteiger partial charge in [0.25, 0.3) is 0 Å². The van der Waals surface area contributed by atoms with E-state index in [-0.39, 0.29) is 6.54 Å². The van der Waals surface area contributed by atoms with Crippen molar-refractivity contribution in [3.8, 4) is 0 Å². The zero-order chi connectivity index (χ0) is 12.4. The Balaban J connectivity index is 2.62. The van der Waals surface area contributed by atoms with Crippen LogP contribution in [-0.4, -0.2) is 27.7 Å². The van der Waals surface area contributed by atoms with E-state index >= 15 is 0 Å².